The van der Waals surface area contributed by atoms with Crippen LogP contribution >= 0.6 is 11.6 Å². The fraction of sp³-hybridized carbons (Fsp3) is 0.200. The molecule has 2 rings (SSSR count). The Hall–Kier alpha value is -2.29. The summed E-state index contributed by atoms with van der Waals surface area (Å²) in [6.45, 7) is 2.09. The summed E-state index contributed by atoms with van der Waals surface area (Å²) in [5.74, 6) is 5.38. The van der Waals surface area contributed by atoms with E-state index >= 15 is 0 Å². The topological polar surface area (TPSA) is 72.9 Å². The van der Waals surface area contributed by atoms with Crippen molar-refractivity contribution in [1.82, 2.24) is 9.78 Å². The second-order valence-electron chi connectivity index (χ2n) is 4.42. The zero-order valence-electron chi connectivity index (χ0n) is 11.8. The second-order valence-corrected chi connectivity index (χ2v) is 4.83. The molecule has 0 atom stereocenters. The number of carbonyl (C=O) groups excluding carboxylic acids is 1. The van der Waals surface area contributed by atoms with Crippen LogP contribution in [0.3, 0.4) is 0 Å². The Labute approximate surface area is 128 Å². The number of nitrogens with one attached hydrogen (secondary N) is 1. The van der Waals surface area contributed by atoms with Crippen molar-refractivity contribution in [2.24, 2.45) is 12.8 Å². The van der Waals surface area contributed by atoms with Crippen LogP contribution in [-0.2, 0) is 7.05 Å². The first kappa shape index (κ1) is 15.1. The number of carbonyl (C=O) groups is 1. The minimum absolute atomic E-state index is 0.222. The Kier molecular flexibility index (Phi) is 4.63. The molecule has 0 radical (unpaired) electrons. The van der Waals surface area contributed by atoms with Crippen LogP contribution in [0.1, 0.15) is 21.6 Å². The molecule has 108 valence electrons. The molecule has 0 saturated carbocycles. The molecule has 6 heteroatoms. The fourth-order valence-electron chi connectivity index (χ4n) is 1.77. The lowest BCUT2D eigenvalue weighted by Crippen LogP contribution is -2.13. The minimum Gasteiger partial charge on any atom is -0.322 e. The van der Waals surface area contributed by atoms with E-state index in [2.05, 4.69) is 22.3 Å². The van der Waals surface area contributed by atoms with Crippen molar-refractivity contribution >= 4 is 23.2 Å². The molecule has 0 aliphatic heterocycles. The third-order valence-corrected chi connectivity index (χ3v) is 3.36. The van der Waals surface area contributed by atoms with E-state index in [9.17, 15) is 4.79 Å². The Morgan fingerprint density at radius 3 is 2.90 bits per heavy atom. The van der Waals surface area contributed by atoms with Gasteiger partial charge >= 0.3 is 0 Å². The van der Waals surface area contributed by atoms with Gasteiger partial charge < -0.3 is 11.1 Å². The average molecular weight is 303 g/mol. The standard InChI is InChI=1S/C15H15ClN4O/c1-10-13(9-18-20(10)2)15(21)19-12-5-6-14(16)11(8-12)4-3-7-17/h5-6,8-9H,7,17H2,1-2H3,(H,19,21). The molecule has 5 nitrogen and oxygen atoms in total. The number of aryl methyl sites for hydroxylation is 1. The van der Waals surface area contributed by atoms with Crippen molar-refractivity contribution < 1.29 is 4.79 Å². The normalized spacial score (nSPS) is 9.90. The van der Waals surface area contributed by atoms with Crippen molar-refractivity contribution in [3.05, 3.63) is 46.2 Å². The molecule has 0 aliphatic carbocycles. The highest BCUT2D eigenvalue weighted by Crippen LogP contribution is 2.20. The number of halogens is 1. The monoisotopic (exact) mass is 302 g/mol. The zero-order chi connectivity index (χ0) is 15.4. The number of rotatable bonds is 2. The van der Waals surface area contributed by atoms with E-state index in [1.54, 1.807) is 29.9 Å². The van der Waals surface area contributed by atoms with Gasteiger partial charge in [-0.25, -0.2) is 0 Å². The van der Waals surface area contributed by atoms with Crippen LogP contribution < -0.4 is 11.1 Å². The number of hydrogen-bond acceptors (Lipinski definition) is 3. The van der Waals surface area contributed by atoms with Gasteiger partial charge in [0.2, 0.25) is 0 Å². The molecule has 3 N–H and O–H groups in total. The average Bonchev–Trinajstić information content (AvgIpc) is 2.79. The van der Waals surface area contributed by atoms with Crippen molar-refractivity contribution in [1.29, 1.82) is 0 Å². The Bertz CT molecular complexity index is 740. The van der Waals surface area contributed by atoms with Crippen molar-refractivity contribution in [2.75, 3.05) is 11.9 Å². The maximum atomic E-state index is 12.2. The number of anilines is 1. The van der Waals surface area contributed by atoms with Crippen molar-refractivity contribution in [3.8, 4) is 11.8 Å². The van der Waals surface area contributed by atoms with Crippen LogP contribution in [0.5, 0.6) is 0 Å². The zero-order valence-corrected chi connectivity index (χ0v) is 12.5. The summed E-state index contributed by atoms with van der Waals surface area (Å²) in [6, 6.07) is 5.13. The molecule has 0 saturated heterocycles. The van der Waals surface area contributed by atoms with Crippen LogP contribution in [0.4, 0.5) is 5.69 Å². The largest absolute Gasteiger partial charge is 0.322 e. The molecule has 0 aliphatic rings. The summed E-state index contributed by atoms with van der Waals surface area (Å²) in [5.41, 5.74) is 7.92. The molecule has 0 bridgehead atoms. The molecule has 21 heavy (non-hydrogen) atoms. The van der Waals surface area contributed by atoms with Crippen LogP contribution in [0, 0.1) is 18.8 Å². The lowest BCUT2D eigenvalue weighted by Gasteiger charge is -2.06. The quantitative estimate of drug-likeness (QED) is 0.833. The van der Waals surface area contributed by atoms with Gasteiger partial charge in [-0.1, -0.05) is 23.4 Å². The smallest absolute Gasteiger partial charge is 0.259 e. The number of nitrogens with zero attached hydrogens (tertiary/aromatic N) is 2. The molecule has 1 heterocycles. The molecule has 1 aromatic carbocycles. The molecular formula is C15H15ClN4O. The van der Waals surface area contributed by atoms with E-state index < -0.39 is 0 Å². The summed E-state index contributed by atoms with van der Waals surface area (Å²) in [6.07, 6.45) is 1.54. The molecule has 0 spiro atoms. The highest BCUT2D eigenvalue weighted by Gasteiger charge is 2.13. The number of amides is 1. The third-order valence-electron chi connectivity index (χ3n) is 3.03. The molecule has 1 amide bonds. The van der Waals surface area contributed by atoms with E-state index in [1.807, 2.05) is 6.92 Å². The lowest BCUT2D eigenvalue weighted by atomic mass is 10.2. The number of aromatic nitrogens is 2. The van der Waals surface area contributed by atoms with Gasteiger partial charge in [0.15, 0.2) is 0 Å². The molecule has 0 fully saturated rings. The van der Waals surface area contributed by atoms with Crippen LogP contribution in [0.25, 0.3) is 0 Å². The summed E-state index contributed by atoms with van der Waals surface area (Å²) < 4.78 is 1.65. The summed E-state index contributed by atoms with van der Waals surface area (Å²) in [4.78, 5) is 12.2. The maximum absolute atomic E-state index is 12.2. The SMILES string of the molecule is Cc1c(C(=O)Nc2ccc(Cl)c(C#CCN)c2)cnn1C. The predicted molar refractivity (Wildman–Crippen MR) is 83.3 cm³/mol. The highest BCUT2D eigenvalue weighted by molar-refractivity contribution is 6.31. The molecule has 2 aromatic rings. The van der Waals surface area contributed by atoms with E-state index in [4.69, 9.17) is 17.3 Å². The van der Waals surface area contributed by atoms with E-state index in [-0.39, 0.29) is 12.5 Å². The van der Waals surface area contributed by atoms with Gasteiger partial charge in [0, 0.05) is 24.0 Å². The molecule has 0 unspecified atom stereocenters. The lowest BCUT2D eigenvalue weighted by molar-refractivity contribution is 0.102. The van der Waals surface area contributed by atoms with Crippen LogP contribution in [0.15, 0.2) is 24.4 Å². The van der Waals surface area contributed by atoms with Gasteiger partial charge in [0.05, 0.1) is 23.3 Å². The van der Waals surface area contributed by atoms with E-state index in [1.165, 1.54) is 6.20 Å². The first-order valence-electron chi connectivity index (χ1n) is 6.31. The van der Waals surface area contributed by atoms with Gasteiger partial charge in [0.25, 0.3) is 5.91 Å². The minimum atomic E-state index is -0.222. The maximum Gasteiger partial charge on any atom is 0.259 e. The van der Waals surface area contributed by atoms with E-state index in [0.29, 0.717) is 21.8 Å². The Balaban J connectivity index is 2.24. The summed E-state index contributed by atoms with van der Waals surface area (Å²) in [5, 5.41) is 7.38. The second kappa shape index (κ2) is 6.44. The van der Waals surface area contributed by atoms with Gasteiger partial charge in [-0.15, -0.1) is 0 Å². The molecular weight excluding hydrogens is 288 g/mol. The summed E-state index contributed by atoms with van der Waals surface area (Å²) in [7, 11) is 1.79. The van der Waals surface area contributed by atoms with Gasteiger partial charge in [-0.05, 0) is 25.1 Å². The van der Waals surface area contributed by atoms with Crippen LogP contribution in [-0.4, -0.2) is 22.2 Å². The first-order chi connectivity index (χ1) is 10.0. The van der Waals surface area contributed by atoms with Gasteiger partial charge in [-0.3, -0.25) is 9.48 Å². The summed E-state index contributed by atoms with van der Waals surface area (Å²) >= 11 is 6.04. The Morgan fingerprint density at radius 2 is 2.29 bits per heavy atom. The third kappa shape index (κ3) is 3.43. The predicted octanol–water partition coefficient (Wildman–Crippen LogP) is 1.94. The van der Waals surface area contributed by atoms with Crippen molar-refractivity contribution in [3.63, 3.8) is 0 Å². The number of hydrogen-bond donors (Lipinski definition) is 2. The fourth-order valence-corrected chi connectivity index (χ4v) is 1.93. The first-order valence-corrected chi connectivity index (χ1v) is 6.69. The van der Waals surface area contributed by atoms with Gasteiger partial charge in [0.1, 0.15) is 0 Å². The van der Waals surface area contributed by atoms with E-state index in [0.717, 1.165) is 5.69 Å². The number of nitrogens with two attached hydrogens (primary N) is 1. The molecule has 1 aromatic heterocycles. The van der Waals surface area contributed by atoms with Crippen LogP contribution in [0.2, 0.25) is 5.02 Å². The highest BCUT2D eigenvalue weighted by atomic mass is 35.5. The van der Waals surface area contributed by atoms with Crippen molar-refractivity contribution in [2.45, 2.75) is 6.92 Å². The Morgan fingerprint density at radius 1 is 1.52 bits per heavy atom. The van der Waals surface area contributed by atoms with Gasteiger partial charge in [-0.2, -0.15) is 5.10 Å². The number of benzene rings is 1.